The summed E-state index contributed by atoms with van der Waals surface area (Å²) in [5.41, 5.74) is 3.86. The van der Waals surface area contributed by atoms with E-state index in [2.05, 4.69) is 0 Å². The highest BCUT2D eigenvalue weighted by Crippen LogP contribution is 2.35. The van der Waals surface area contributed by atoms with Crippen molar-refractivity contribution in [2.24, 2.45) is 0 Å². The molecule has 0 N–H and O–H groups in total. The fourth-order valence-electron chi connectivity index (χ4n) is 2.21. The topological polar surface area (TPSA) is 26.3 Å². The van der Waals surface area contributed by atoms with Crippen molar-refractivity contribution >= 4 is 17.9 Å². The number of benzene rings is 2. The number of hydrogen-bond acceptors (Lipinski definition) is 2. The van der Waals surface area contributed by atoms with Gasteiger partial charge in [-0.15, -0.1) is 0 Å². The van der Waals surface area contributed by atoms with E-state index in [4.69, 9.17) is 16.3 Å². The summed E-state index contributed by atoms with van der Waals surface area (Å²) in [6.45, 7) is 1.99. The molecule has 2 aromatic carbocycles. The molecule has 0 radical (unpaired) electrons. The lowest BCUT2D eigenvalue weighted by Crippen LogP contribution is -1.96. The Morgan fingerprint density at radius 1 is 1.20 bits per heavy atom. The molecule has 2 nitrogen and oxygen atoms in total. The summed E-state index contributed by atoms with van der Waals surface area (Å²) < 4.78 is 5.74. The molecule has 1 aliphatic rings. The fraction of sp³-hybridized carbons (Fsp3) is 0.235. The maximum absolute atomic E-state index is 10.8. The third kappa shape index (κ3) is 2.70. The number of carbonyl (C=O) groups excluding carboxylic acids is 1. The average molecular weight is 287 g/mol. The molecule has 0 heterocycles. The Morgan fingerprint density at radius 2 is 2.00 bits per heavy atom. The lowest BCUT2D eigenvalue weighted by molar-refractivity contribution is 0.112. The summed E-state index contributed by atoms with van der Waals surface area (Å²) in [6, 6.07) is 11.5. The Balaban J connectivity index is 1.93. The van der Waals surface area contributed by atoms with E-state index < -0.39 is 0 Å². The number of rotatable bonds is 4. The number of halogens is 1. The Hall–Kier alpha value is -1.80. The molecule has 0 bridgehead atoms. The molecule has 0 unspecified atom stereocenters. The monoisotopic (exact) mass is 286 g/mol. The molecule has 1 fully saturated rings. The lowest BCUT2D eigenvalue weighted by Gasteiger charge is -2.11. The molecule has 0 amide bonds. The van der Waals surface area contributed by atoms with Crippen molar-refractivity contribution in [2.45, 2.75) is 25.9 Å². The molecular formula is C17H15ClO2. The number of carbonyl (C=O) groups is 1. The summed E-state index contributed by atoms with van der Waals surface area (Å²) in [4.78, 5) is 10.8. The van der Waals surface area contributed by atoms with Gasteiger partial charge in [-0.1, -0.05) is 29.8 Å². The van der Waals surface area contributed by atoms with Gasteiger partial charge >= 0.3 is 0 Å². The number of hydrogen-bond donors (Lipinski definition) is 0. The molecule has 0 saturated heterocycles. The SMILES string of the molecule is Cc1cc(C=O)ccc1-c1ccc(OC2CC2)c(Cl)c1. The third-order valence-electron chi connectivity index (χ3n) is 3.45. The minimum atomic E-state index is 0.340. The van der Waals surface area contributed by atoms with Crippen LogP contribution in [0.25, 0.3) is 11.1 Å². The zero-order chi connectivity index (χ0) is 14.1. The Morgan fingerprint density at radius 3 is 2.60 bits per heavy atom. The number of aryl methyl sites for hydroxylation is 1. The maximum atomic E-state index is 10.8. The van der Waals surface area contributed by atoms with Crippen LogP contribution in [-0.4, -0.2) is 12.4 Å². The first-order valence-corrected chi connectivity index (χ1v) is 7.07. The summed E-state index contributed by atoms with van der Waals surface area (Å²) in [7, 11) is 0. The molecule has 1 aliphatic carbocycles. The van der Waals surface area contributed by atoms with Gasteiger partial charge in [0.15, 0.2) is 0 Å². The van der Waals surface area contributed by atoms with Crippen LogP contribution in [-0.2, 0) is 0 Å². The zero-order valence-electron chi connectivity index (χ0n) is 11.2. The summed E-state index contributed by atoms with van der Waals surface area (Å²) in [5.74, 6) is 0.750. The van der Waals surface area contributed by atoms with E-state index in [1.807, 2.05) is 43.3 Å². The molecule has 1 saturated carbocycles. The van der Waals surface area contributed by atoms with Gasteiger partial charge in [-0.05, 0) is 54.7 Å². The van der Waals surface area contributed by atoms with Gasteiger partial charge in [-0.2, -0.15) is 0 Å². The zero-order valence-corrected chi connectivity index (χ0v) is 12.0. The Kier molecular flexibility index (Phi) is 3.49. The van der Waals surface area contributed by atoms with Crippen LogP contribution in [0.5, 0.6) is 5.75 Å². The molecule has 102 valence electrons. The van der Waals surface area contributed by atoms with Crippen molar-refractivity contribution in [3.63, 3.8) is 0 Å². The summed E-state index contributed by atoms with van der Waals surface area (Å²) in [5, 5.41) is 0.633. The molecule has 20 heavy (non-hydrogen) atoms. The van der Waals surface area contributed by atoms with Gasteiger partial charge in [-0.25, -0.2) is 0 Å². The van der Waals surface area contributed by atoms with Crippen LogP contribution in [0.2, 0.25) is 5.02 Å². The van der Waals surface area contributed by atoms with Crippen molar-refractivity contribution in [3.8, 4) is 16.9 Å². The van der Waals surface area contributed by atoms with Gasteiger partial charge < -0.3 is 4.74 Å². The van der Waals surface area contributed by atoms with Gasteiger partial charge in [0.25, 0.3) is 0 Å². The van der Waals surface area contributed by atoms with Crippen LogP contribution >= 0.6 is 11.6 Å². The largest absolute Gasteiger partial charge is 0.489 e. The van der Waals surface area contributed by atoms with E-state index in [0.717, 1.165) is 41.6 Å². The van der Waals surface area contributed by atoms with Gasteiger partial charge in [0.1, 0.15) is 12.0 Å². The van der Waals surface area contributed by atoms with Gasteiger partial charge in [0.2, 0.25) is 0 Å². The minimum Gasteiger partial charge on any atom is -0.489 e. The molecular weight excluding hydrogens is 272 g/mol. The van der Waals surface area contributed by atoms with Crippen LogP contribution in [0.3, 0.4) is 0 Å². The minimum absolute atomic E-state index is 0.340. The molecule has 0 aliphatic heterocycles. The second-order valence-electron chi connectivity index (χ2n) is 5.15. The van der Waals surface area contributed by atoms with Gasteiger partial charge in [0.05, 0.1) is 11.1 Å². The Bertz CT molecular complexity index is 660. The van der Waals surface area contributed by atoms with Crippen molar-refractivity contribution in [1.29, 1.82) is 0 Å². The van der Waals surface area contributed by atoms with Crippen molar-refractivity contribution in [2.75, 3.05) is 0 Å². The highest BCUT2D eigenvalue weighted by Gasteiger charge is 2.24. The van der Waals surface area contributed by atoms with Gasteiger partial charge in [0, 0.05) is 5.56 Å². The lowest BCUT2D eigenvalue weighted by atomic mass is 9.99. The predicted octanol–water partition coefficient (Wildman–Crippen LogP) is 4.67. The summed E-state index contributed by atoms with van der Waals surface area (Å²) >= 11 is 6.28. The molecule has 0 spiro atoms. The molecule has 3 rings (SSSR count). The summed E-state index contributed by atoms with van der Waals surface area (Å²) in [6.07, 6.45) is 3.43. The van der Waals surface area contributed by atoms with E-state index in [9.17, 15) is 4.79 Å². The standard InChI is InChI=1S/C17H15ClO2/c1-11-8-12(10-19)2-6-15(11)13-3-7-17(16(18)9-13)20-14-4-5-14/h2-3,6-10,14H,4-5H2,1H3. The normalized spacial score (nSPS) is 14.1. The first-order valence-electron chi connectivity index (χ1n) is 6.70. The highest BCUT2D eigenvalue weighted by atomic mass is 35.5. The highest BCUT2D eigenvalue weighted by molar-refractivity contribution is 6.32. The van der Waals surface area contributed by atoms with Crippen LogP contribution in [0.4, 0.5) is 0 Å². The first kappa shape index (κ1) is 13.2. The molecule has 2 aromatic rings. The van der Waals surface area contributed by atoms with E-state index in [-0.39, 0.29) is 0 Å². The molecule has 0 aromatic heterocycles. The molecule has 0 atom stereocenters. The van der Waals surface area contributed by atoms with E-state index in [0.29, 0.717) is 16.7 Å². The fourth-order valence-corrected chi connectivity index (χ4v) is 2.44. The van der Waals surface area contributed by atoms with E-state index >= 15 is 0 Å². The van der Waals surface area contributed by atoms with Crippen molar-refractivity contribution in [1.82, 2.24) is 0 Å². The number of ether oxygens (including phenoxy) is 1. The van der Waals surface area contributed by atoms with E-state index in [1.54, 1.807) is 0 Å². The van der Waals surface area contributed by atoms with Crippen molar-refractivity contribution < 1.29 is 9.53 Å². The Labute approximate surface area is 123 Å². The number of aldehydes is 1. The van der Waals surface area contributed by atoms with E-state index in [1.165, 1.54) is 0 Å². The predicted molar refractivity (Wildman–Crippen MR) is 80.7 cm³/mol. The average Bonchev–Trinajstić information content (AvgIpc) is 3.25. The van der Waals surface area contributed by atoms with Crippen molar-refractivity contribution in [3.05, 3.63) is 52.5 Å². The first-order chi connectivity index (χ1) is 9.67. The van der Waals surface area contributed by atoms with Crippen LogP contribution in [0, 0.1) is 6.92 Å². The molecule has 3 heteroatoms. The second-order valence-corrected chi connectivity index (χ2v) is 5.56. The maximum Gasteiger partial charge on any atom is 0.150 e. The third-order valence-corrected chi connectivity index (χ3v) is 3.74. The second kappa shape index (κ2) is 5.29. The van der Waals surface area contributed by atoms with Crippen LogP contribution in [0.15, 0.2) is 36.4 Å². The van der Waals surface area contributed by atoms with Gasteiger partial charge in [-0.3, -0.25) is 4.79 Å². The smallest absolute Gasteiger partial charge is 0.150 e. The quantitative estimate of drug-likeness (QED) is 0.764. The van der Waals surface area contributed by atoms with Crippen LogP contribution in [0.1, 0.15) is 28.8 Å². The van der Waals surface area contributed by atoms with Crippen LogP contribution < -0.4 is 4.74 Å².